The Morgan fingerprint density at radius 1 is 1.69 bits per heavy atom. The van der Waals surface area contributed by atoms with Crippen LogP contribution in [-0.2, 0) is 11.2 Å². The van der Waals surface area contributed by atoms with Crippen molar-refractivity contribution in [2.45, 2.75) is 6.42 Å². The zero-order valence-corrected chi connectivity index (χ0v) is 10.2. The molecule has 0 saturated carbocycles. The molecule has 0 aromatic heterocycles. The number of methoxy groups -OCH3 is 1. The van der Waals surface area contributed by atoms with Gasteiger partial charge in [0.1, 0.15) is 11.7 Å². The van der Waals surface area contributed by atoms with Crippen LogP contribution in [0.2, 0.25) is 0 Å². The molecule has 0 heterocycles. The molecule has 1 rings (SSSR count). The normalized spacial score (nSPS) is 11.6. The lowest BCUT2D eigenvalue weighted by Gasteiger charge is -2.08. The van der Waals surface area contributed by atoms with Crippen LogP contribution in [0.5, 0.6) is 5.75 Å². The number of halogens is 1. The molecular weight excluding hydrogens is 274 g/mol. The van der Waals surface area contributed by atoms with Crippen molar-refractivity contribution in [3.63, 3.8) is 0 Å². The van der Waals surface area contributed by atoms with Gasteiger partial charge in [-0.3, -0.25) is 4.79 Å². The van der Waals surface area contributed by atoms with Gasteiger partial charge in [-0.2, -0.15) is 5.26 Å². The number of carboxylic acids is 1. The van der Waals surface area contributed by atoms with E-state index in [-0.39, 0.29) is 6.42 Å². The summed E-state index contributed by atoms with van der Waals surface area (Å²) >= 11 is 3.31. The highest BCUT2D eigenvalue weighted by molar-refractivity contribution is 9.10. The Morgan fingerprint density at radius 2 is 2.38 bits per heavy atom. The van der Waals surface area contributed by atoms with Crippen LogP contribution in [0.25, 0.3) is 0 Å². The van der Waals surface area contributed by atoms with Crippen LogP contribution >= 0.6 is 15.9 Å². The van der Waals surface area contributed by atoms with Gasteiger partial charge in [-0.15, -0.1) is 0 Å². The van der Waals surface area contributed by atoms with Crippen molar-refractivity contribution in [2.75, 3.05) is 7.11 Å². The Labute approximate surface area is 102 Å². The van der Waals surface area contributed by atoms with Crippen molar-refractivity contribution in [2.24, 2.45) is 5.92 Å². The highest BCUT2D eigenvalue weighted by Gasteiger charge is 2.18. The van der Waals surface area contributed by atoms with Gasteiger partial charge in [0.2, 0.25) is 0 Å². The minimum absolute atomic E-state index is 0.177. The molecule has 0 spiro atoms. The maximum atomic E-state index is 10.7. The molecule has 1 atom stereocenters. The minimum Gasteiger partial charge on any atom is -0.497 e. The van der Waals surface area contributed by atoms with E-state index >= 15 is 0 Å². The lowest BCUT2D eigenvalue weighted by atomic mass is 10.0. The van der Waals surface area contributed by atoms with Crippen LogP contribution in [0.1, 0.15) is 5.56 Å². The summed E-state index contributed by atoms with van der Waals surface area (Å²) in [6.45, 7) is 0. The molecule has 0 aliphatic carbocycles. The van der Waals surface area contributed by atoms with Gasteiger partial charge in [0, 0.05) is 4.47 Å². The van der Waals surface area contributed by atoms with E-state index in [1.165, 1.54) is 0 Å². The van der Waals surface area contributed by atoms with Crippen LogP contribution in [-0.4, -0.2) is 18.2 Å². The average molecular weight is 284 g/mol. The lowest BCUT2D eigenvalue weighted by molar-refractivity contribution is -0.139. The van der Waals surface area contributed by atoms with Gasteiger partial charge >= 0.3 is 5.97 Å². The SMILES string of the molecule is COc1ccc(CC(C#N)C(=O)O)c(Br)c1. The van der Waals surface area contributed by atoms with Crippen LogP contribution < -0.4 is 4.74 Å². The maximum absolute atomic E-state index is 10.7. The number of nitriles is 1. The Hall–Kier alpha value is -1.54. The molecule has 1 N–H and O–H groups in total. The molecule has 0 aliphatic rings. The second-order valence-corrected chi connectivity index (χ2v) is 4.04. The van der Waals surface area contributed by atoms with E-state index in [1.54, 1.807) is 31.4 Å². The molecule has 4 nitrogen and oxygen atoms in total. The topological polar surface area (TPSA) is 70.3 Å². The van der Waals surface area contributed by atoms with Crippen LogP contribution in [0.15, 0.2) is 22.7 Å². The summed E-state index contributed by atoms with van der Waals surface area (Å²) in [5, 5.41) is 17.4. The molecule has 84 valence electrons. The van der Waals surface area contributed by atoms with Gasteiger partial charge in [-0.05, 0) is 24.1 Å². The summed E-state index contributed by atoms with van der Waals surface area (Å²) in [6, 6.07) is 6.97. The van der Waals surface area contributed by atoms with E-state index in [0.717, 1.165) is 10.0 Å². The summed E-state index contributed by atoms with van der Waals surface area (Å²) in [4.78, 5) is 10.7. The quantitative estimate of drug-likeness (QED) is 0.920. The maximum Gasteiger partial charge on any atom is 0.321 e. The fourth-order valence-electron chi connectivity index (χ4n) is 1.23. The van der Waals surface area contributed by atoms with Gasteiger partial charge in [-0.1, -0.05) is 22.0 Å². The van der Waals surface area contributed by atoms with Gasteiger partial charge in [0.25, 0.3) is 0 Å². The van der Waals surface area contributed by atoms with E-state index in [1.807, 2.05) is 0 Å². The Morgan fingerprint density at radius 3 is 2.81 bits per heavy atom. The molecule has 5 heteroatoms. The highest BCUT2D eigenvalue weighted by Crippen LogP contribution is 2.25. The monoisotopic (exact) mass is 283 g/mol. The first-order valence-electron chi connectivity index (χ1n) is 4.53. The number of benzene rings is 1. The molecule has 0 amide bonds. The second kappa shape index (κ2) is 5.52. The number of nitrogens with zero attached hydrogens (tertiary/aromatic N) is 1. The first-order chi connectivity index (χ1) is 7.58. The average Bonchev–Trinajstić information content (AvgIpc) is 2.26. The molecule has 0 fully saturated rings. The zero-order chi connectivity index (χ0) is 12.1. The van der Waals surface area contributed by atoms with Crippen molar-refractivity contribution in [1.82, 2.24) is 0 Å². The number of carbonyl (C=O) groups is 1. The Balaban J connectivity index is 2.90. The predicted molar refractivity (Wildman–Crippen MR) is 61.1 cm³/mol. The van der Waals surface area contributed by atoms with Gasteiger partial charge < -0.3 is 9.84 Å². The van der Waals surface area contributed by atoms with Gasteiger partial charge in [0.05, 0.1) is 13.2 Å². The summed E-state index contributed by atoms with van der Waals surface area (Å²) in [7, 11) is 1.55. The van der Waals surface area contributed by atoms with Crippen LogP contribution in [0, 0.1) is 17.2 Å². The number of carboxylic acid groups (broad SMARTS) is 1. The first kappa shape index (κ1) is 12.5. The summed E-state index contributed by atoms with van der Waals surface area (Å²) in [6.07, 6.45) is 0.177. The first-order valence-corrected chi connectivity index (χ1v) is 5.32. The molecule has 0 bridgehead atoms. The fraction of sp³-hybridized carbons (Fsp3) is 0.273. The van der Waals surface area contributed by atoms with Crippen molar-refractivity contribution in [3.8, 4) is 11.8 Å². The number of aliphatic carboxylic acids is 1. The third-order valence-corrected chi connectivity index (χ3v) is 2.88. The smallest absolute Gasteiger partial charge is 0.321 e. The molecule has 1 unspecified atom stereocenters. The van der Waals surface area contributed by atoms with E-state index < -0.39 is 11.9 Å². The number of rotatable bonds is 4. The third-order valence-electron chi connectivity index (χ3n) is 2.14. The minimum atomic E-state index is -1.11. The molecule has 16 heavy (non-hydrogen) atoms. The van der Waals surface area contributed by atoms with Crippen LogP contribution in [0.3, 0.4) is 0 Å². The Bertz CT molecular complexity index is 439. The van der Waals surface area contributed by atoms with Crippen molar-refractivity contribution >= 4 is 21.9 Å². The van der Waals surface area contributed by atoms with Gasteiger partial charge in [0.15, 0.2) is 0 Å². The molecule has 0 aliphatic heterocycles. The summed E-state index contributed by atoms with van der Waals surface area (Å²) in [5.41, 5.74) is 0.773. The Kier molecular flexibility index (Phi) is 4.32. The van der Waals surface area contributed by atoms with Crippen molar-refractivity contribution in [1.29, 1.82) is 5.26 Å². The molecular formula is C11H10BrNO3. The lowest BCUT2D eigenvalue weighted by Crippen LogP contribution is -2.14. The fourth-order valence-corrected chi connectivity index (χ4v) is 1.75. The van der Waals surface area contributed by atoms with E-state index in [0.29, 0.717) is 5.75 Å². The van der Waals surface area contributed by atoms with Crippen molar-refractivity contribution in [3.05, 3.63) is 28.2 Å². The van der Waals surface area contributed by atoms with E-state index in [4.69, 9.17) is 15.1 Å². The van der Waals surface area contributed by atoms with E-state index in [9.17, 15) is 4.79 Å². The summed E-state index contributed by atoms with van der Waals surface area (Å²) < 4.78 is 5.76. The molecule has 1 aromatic rings. The molecule has 1 aromatic carbocycles. The molecule has 0 saturated heterocycles. The predicted octanol–water partition coefficient (Wildman–Crippen LogP) is 2.22. The largest absolute Gasteiger partial charge is 0.497 e. The summed E-state index contributed by atoms with van der Waals surface area (Å²) in [5.74, 6) is -1.45. The third kappa shape index (κ3) is 2.97. The van der Waals surface area contributed by atoms with Gasteiger partial charge in [-0.25, -0.2) is 0 Å². The van der Waals surface area contributed by atoms with E-state index in [2.05, 4.69) is 15.9 Å². The standard InChI is InChI=1S/C11H10BrNO3/c1-16-9-3-2-7(10(12)5-9)4-8(6-13)11(14)15/h2-3,5,8H,4H2,1H3,(H,14,15). The molecule has 0 radical (unpaired) electrons. The number of hydrogen-bond acceptors (Lipinski definition) is 3. The number of hydrogen-bond donors (Lipinski definition) is 1. The zero-order valence-electron chi connectivity index (χ0n) is 8.61. The highest BCUT2D eigenvalue weighted by atomic mass is 79.9. The second-order valence-electron chi connectivity index (χ2n) is 3.18. The van der Waals surface area contributed by atoms with Crippen molar-refractivity contribution < 1.29 is 14.6 Å². The number of ether oxygens (including phenoxy) is 1. The van der Waals surface area contributed by atoms with Crippen LogP contribution in [0.4, 0.5) is 0 Å².